The maximum atomic E-state index is 12.8. The smallest absolute Gasteiger partial charge is 0.276 e. The molecule has 5 rings (SSSR count). The van der Waals surface area contributed by atoms with E-state index in [2.05, 4.69) is 30.6 Å². The molecule has 1 aliphatic heterocycles. The first-order valence-corrected chi connectivity index (χ1v) is 10.7. The van der Waals surface area contributed by atoms with Crippen molar-refractivity contribution in [2.75, 3.05) is 36.4 Å². The van der Waals surface area contributed by atoms with Gasteiger partial charge >= 0.3 is 0 Å². The molecule has 0 bridgehead atoms. The fourth-order valence-electron chi connectivity index (χ4n) is 3.36. The van der Waals surface area contributed by atoms with E-state index in [1.165, 1.54) is 0 Å². The van der Waals surface area contributed by atoms with Crippen molar-refractivity contribution in [2.24, 2.45) is 0 Å². The van der Waals surface area contributed by atoms with E-state index < -0.39 is 0 Å². The highest BCUT2D eigenvalue weighted by atomic mass is 32.1. The first-order chi connectivity index (χ1) is 15.3. The van der Waals surface area contributed by atoms with Gasteiger partial charge in [-0.05, 0) is 35.7 Å². The molecular weight excluding hydrogens is 414 g/mol. The van der Waals surface area contributed by atoms with E-state index in [1.54, 1.807) is 34.7 Å². The Morgan fingerprint density at radius 2 is 1.87 bits per heavy atom. The summed E-state index contributed by atoms with van der Waals surface area (Å²) in [5.74, 6) is 1.95. The van der Waals surface area contributed by atoms with Crippen molar-refractivity contribution >= 4 is 34.6 Å². The van der Waals surface area contributed by atoms with Crippen LogP contribution in [-0.4, -0.2) is 57.3 Å². The minimum Gasteiger partial charge on any atom is -0.355 e. The van der Waals surface area contributed by atoms with E-state index in [-0.39, 0.29) is 5.91 Å². The molecule has 4 aromatic rings. The zero-order valence-electron chi connectivity index (χ0n) is 16.5. The highest BCUT2D eigenvalue weighted by Crippen LogP contribution is 2.26. The minimum atomic E-state index is -0.116. The molecule has 4 aromatic heterocycles. The molecule has 0 unspecified atom stereocenters. The summed E-state index contributed by atoms with van der Waals surface area (Å²) in [6.07, 6.45) is 3.43. The maximum absolute atomic E-state index is 12.8. The SMILES string of the molecule is O=C(c1cc(-c2cccs2)on1)N1CCN(c2ccc(Nc3ccncc3)nn2)CC1. The average molecular weight is 433 g/mol. The molecule has 5 heterocycles. The molecule has 31 heavy (non-hydrogen) atoms. The molecule has 9 nitrogen and oxygen atoms in total. The summed E-state index contributed by atoms with van der Waals surface area (Å²) >= 11 is 1.55. The van der Waals surface area contributed by atoms with Gasteiger partial charge in [0.1, 0.15) is 0 Å². The average Bonchev–Trinajstić information content (AvgIpc) is 3.52. The molecule has 1 saturated heterocycles. The number of carbonyl (C=O) groups excluding carboxylic acids is 1. The van der Waals surface area contributed by atoms with Crippen LogP contribution in [-0.2, 0) is 0 Å². The van der Waals surface area contributed by atoms with Gasteiger partial charge in [0, 0.05) is 50.3 Å². The van der Waals surface area contributed by atoms with Gasteiger partial charge in [-0.25, -0.2) is 0 Å². The third-order valence-corrected chi connectivity index (χ3v) is 5.87. The van der Waals surface area contributed by atoms with E-state index in [4.69, 9.17) is 4.52 Å². The lowest BCUT2D eigenvalue weighted by atomic mass is 10.2. The zero-order chi connectivity index (χ0) is 21.0. The lowest BCUT2D eigenvalue weighted by Crippen LogP contribution is -2.49. The third kappa shape index (κ3) is 4.24. The first kappa shape index (κ1) is 19.2. The molecule has 156 valence electrons. The van der Waals surface area contributed by atoms with Gasteiger partial charge in [0.25, 0.3) is 5.91 Å². The first-order valence-electron chi connectivity index (χ1n) is 9.82. The van der Waals surface area contributed by atoms with Crippen LogP contribution in [0.4, 0.5) is 17.3 Å². The predicted molar refractivity (Wildman–Crippen MR) is 117 cm³/mol. The maximum Gasteiger partial charge on any atom is 0.276 e. The number of hydrogen-bond acceptors (Lipinski definition) is 9. The fraction of sp³-hybridized carbons (Fsp3) is 0.190. The van der Waals surface area contributed by atoms with Gasteiger partial charge in [-0.15, -0.1) is 21.5 Å². The van der Waals surface area contributed by atoms with Crippen LogP contribution in [0.2, 0.25) is 0 Å². The number of amides is 1. The van der Waals surface area contributed by atoms with Gasteiger partial charge in [-0.2, -0.15) is 0 Å². The van der Waals surface area contributed by atoms with Crippen molar-refractivity contribution < 1.29 is 9.32 Å². The Hall–Kier alpha value is -3.79. The van der Waals surface area contributed by atoms with Crippen molar-refractivity contribution in [1.29, 1.82) is 0 Å². The van der Waals surface area contributed by atoms with Gasteiger partial charge in [0.2, 0.25) is 0 Å². The number of pyridine rings is 1. The van der Waals surface area contributed by atoms with Gasteiger partial charge in [0.05, 0.1) is 4.88 Å². The summed E-state index contributed by atoms with van der Waals surface area (Å²) in [5.41, 5.74) is 1.24. The van der Waals surface area contributed by atoms with Crippen molar-refractivity contribution in [1.82, 2.24) is 25.2 Å². The lowest BCUT2D eigenvalue weighted by molar-refractivity contribution is 0.0736. The summed E-state index contributed by atoms with van der Waals surface area (Å²) in [6, 6.07) is 13.1. The Morgan fingerprint density at radius 1 is 1.03 bits per heavy atom. The minimum absolute atomic E-state index is 0.116. The quantitative estimate of drug-likeness (QED) is 0.512. The topological polar surface area (TPSA) is 100 Å². The standard InChI is InChI=1S/C21H19N7O2S/c29-21(16-14-17(30-26-16)18-2-1-13-31-18)28-11-9-27(10-12-28)20-4-3-19(24-25-20)23-15-5-7-22-8-6-15/h1-8,13-14H,9-12H2,(H,22,23,24). The summed E-state index contributed by atoms with van der Waals surface area (Å²) in [7, 11) is 0. The van der Waals surface area contributed by atoms with Crippen LogP contribution in [0.3, 0.4) is 0 Å². The summed E-state index contributed by atoms with van der Waals surface area (Å²) in [4.78, 5) is 21.6. The predicted octanol–water partition coefficient (Wildman–Crippen LogP) is 3.29. The van der Waals surface area contributed by atoms with Crippen LogP contribution in [0.5, 0.6) is 0 Å². The normalized spacial score (nSPS) is 13.9. The fourth-order valence-corrected chi connectivity index (χ4v) is 4.03. The highest BCUT2D eigenvalue weighted by molar-refractivity contribution is 7.13. The molecule has 0 aliphatic carbocycles. The highest BCUT2D eigenvalue weighted by Gasteiger charge is 2.25. The van der Waals surface area contributed by atoms with E-state index in [1.807, 2.05) is 41.8 Å². The number of aromatic nitrogens is 4. The third-order valence-electron chi connectivity index (χ3n) is 4.99. The molecule has 1 amide bonds. The van der Waals surface area contributed by atoms with Crippen LogP contribution in [0, 0.1) is 0 Å². The van der Waals surface area contributed by atoms with Crippen molar-refractivity contribution in [2.45, 2.75) is 0 Å². The van der Waals surface area contributed by atoms with E-state index in [0.717, 1.165) is 16.4 Å². The van der Waals surface area contributed by atoms with Gasteiger partial charge in [0.15, 0.2) is 23.1 Å². The van der Waals surface area contributed by atoms with E-state index >= 15 is 0 Å². The molecule has 1 N–H and O–H groups in total. The summed E-state index contributed by atoms with van der Waals surface area (Å²) in [5, 5.41) is 17.7. The van der Waals surface area contributed by atoms with Crippen LogP contribution in [0.1, 0.15) is 10.5 Å². The number of anilines is 3. The molecule has 0 atom stereocenters. The number of nitrogens with zero attached hydrogens (tertiary/aromatic N) is 6. The molecule has 1 aliphatic rings. The molecule has 0 spiro atoms. The van der Waals surface area contributed by atoms with Crippen molar-refractivity contribution in [3.63, 3.8) is 0 Å². The van der Waals surface area contributed by atoms with Gasteiger partial charge in [-0.3, -0.25) is 9.78 Å². The number of rotatable bonds is 5. The summed E-state index contributed by atoms with van der Waals surface area (Å²) < 4.78 is 5.34. The number of carbonyl (C=O) groups is 1. The van der Waals surface area contributed by atoms with Crippen LogP contribution >= 0.6 is 11.3 Å². The van der Waals surface area contributed by atoms with Crippen LogP contribution in [0.15, 0.2) is 64.8 Å². The summed E-state index contributed by atoms with van der Waals surface area (Å²) in [6.45, 7) is 2.51. The van der Waals surface area contributed by atoms with Crippen molar-refractivity contribution in [3.8, 4) is 10.6 Å². The molecule has 0 radical (unpaired) electrons. The number of hydrogen-bond donors (Lipinski definition) is 1. The second kappa shape index (κ2) is 8.52. The Bertz CT molecular complexity index is 1140. The molecule has 0 saturated carbocycles. The molecule has 1 fully saturated rings. The molecule has 0 aromatic carbocycles. The second-order valence-electron chi connectivity index (χ2n) is 6.97. The monoisotopic (exact) mass is 433 g/mol. The number of thiophene rings is 1. The Balaban J connectivity index is 1.18. The van der Waals surface area contributed by atoms with Crippen LogP contribution in [0.25, 0.3) is 10.6 Å². The molecule has 10 heteroatoms. The van der Waals surface area contributed by atoms with Crippen LogP contribution < -0.4 is 10.2 Å². The van der Waals surface area contributed by atoms with Gasteiger partial charge < -0.3 is 19.6 Å². The van der Waals surface area contributed by atoms with E-state index in [9.17, 15) is 4.79 Å². The zero-order valence-corrected chi connectivity index (χ0v) is 17.3. The van der Waals surface area contributed by atoms with Crippen molar-refractivity contribution in [3.05, 3.63) is 65.9 Å². The molecular formula is C21H19N7O2S. The Kier molecular flexibility index (Phi) is 5.28. The van der Waals surface area contributed by atoms with E-state index in [0.29, 0.717) is 43.5 Å². The number of nitrogens with one attached hydrogen (secondary N) is 1. The second-order valence-corrected chi connectivity index (χ2v) is 7.92. The Morgan fingerprint density at radius 3 is 2.58 bits per heavy atom. The van der Waals surface area contributed by atoms with Gasteiger partial charge in [-0.1, -0.05) is 11.2 Å². The Labute approximate surface area is 182 Å². The largest absolute Gasteiger partial charge is 0.355 e. The lowest BCUT2D eigenvalue weighted by Gasteiger charge is -2.34. The number of piperazine rings is 1.